The van der Waals surface area contributed by atoms with E-state index in [-0.39, 0.29) is 6.23 Å². The van der Waals surface area contributed by atoms with Gasteiger partial charge in [-0.25, -0.2) is 4.79 Å². The second-order valence-corrected chi connectivity index (χ2v) is 3.34. The van der Waals surface area contributed by atoms with Crippen molar-refractivity contribution in [3.05, 3.63) is 33.1 Å². The number of H-pyrrole nitrogens is 1. The molecule has 84 valence electrons. The van der Waals surface area contributed by atoms with Gasteiger partial charge in [0.2, 0.25) is 0 Å². The van der Waals surface area contributed by atoms with Crippen molar-refractivity contribution in [2.24, 2.45) is 0 Å². The number of ether oxygens (including phenoxy) is 1. The van der Waals surface area contributed by atoms with Gasteiger partial charge in [-0.1, -0.05) is 13.3 Å². The largest absolute Gasteiger partial charge is 0.358 e. The van der Waals surface area contributed by atoms with Gasteiger partial charge in [0.05, 0.1) is 0 Å². The van der Waals surface area contributed by atoms with Gasteiger partial charge in [-0.2, -0.15) is 0 Å². The fourth-order valence-electron chi connectivity index (χ4n) is 1.19. The van der Waals surface area contributed by atoms with E-state index < -0.39 is 11.2 Å². The molecule has 1 aromatic heterocycles. The molecule has 0 aliphatic carbocycles. The summed E-state index contributed by atoms with van der Waals surface area (Å²) in [6.45, 7) is 4.46. The van der Waals surface area contributed by atoms with Crippen LogP contribution in [0.25, 0.3) is 0 Å². The van der Waals surface area contributed by atoms with Gasteiger partial charge in [0.15, 0.2) is 0 Å². The van der Waals surface area contributed by atoms with Crippen molar-refractivity contribution in [2.45, 2.75) is 32.9 Å². The molecule has 0 radical (unpaired) electrons. The molecule has 5 heteroatoms. The Morgan fingerprint density at radius 1 is 1.53 bits per heavy atom. The molecule has 1 N–H and O–H groups in total. The van der Waals surface area contributed by atoms with Crippen molar-refractivity contribution in [1.29, 1.82) is 0 Å². The van der Waals surface area contributed by atoms with Crippen molar-refractivity contribution in [3.63, 3.8) is 0 Å². The van der Waals surface area contributed by atoms with Gasteiger partial charge >= 0.3 is 5.69 Å². The lowest BCUT2D eigenvalue weighted by Gasteiger charge is -2.14. The normalized spacial score (nSPS) is 12.7. The Balaban J connectivity index is 2.69. The van der Waals surface area contributed by atoms with Gasteiger partial charge in [-0.05, 0) is 13.3 Å². The third-order valence-electron chi connectivity index (χ3n) is 2.10. The molecule has 0 bridgehead atoms. The van der Waals surface area contributed by atoms with Gasteiger partial charge in [0.25, 0.3) is 5.56 Å². The maximum absolute atomic E-state index is 11.3. The van der Waals surface area contributed by atoms with E-state index in [0.29, 0.717) is 6.61 Å². The summed E-state index contributed by atoms with van der Waals surface area (Å²) in [7, 11) is 0. The van der Waals surface area contributed by atoms with Crippen molar-refractivity contribution in [1.82, 2.24) is 9.55 Å². The zero-order valence-electron chi connectivity index (χ0n) is 9.03. The molecule has 0 aromatic carbocycles. The summed E-state index contributed by atoms with van der Waals surface area (Å²) in [5.74, 6) is 0. The number of hydrogen-bond donors (Lipinski definition) is 1. The molecular formula is C10H16N2O3. The van der Waals surface area contributed by atoms with Gasteiger partial charge < -0.3 is 4.74 Å². The molecular weight excluding hydrogens is 196 g/mol. The van der Waals surface area contributed by atoms with Crippen molar-refractivity contribution in [3.8, 4) is 0 Å². The van der Waals surface area contributed by atoms with Crippen molar-refractivity contribution >= 4 is 0 Å². The first-order valence-corrected chi connectivity index (χ1v) is 5.08. The molecule has 0 saturated carbocycles. The standard InChI is InChI=1S/C10H16N2O3/c1-3-4-7-15-8(2)12-6-5-9(13)11-10(12)14/h5-6,8H,3-4,7H2,1-2H3,(H,11,13,14). The van der Waals surface area contributed by atoms with Crippen LogP contribution in [0.3, 0.4) is 0 Å². The zero-order valence-corrected chi connectivity index (χ0v) is 9.03. The smallest absolute Gasteiger partial charge is 0.330 e. The van der Waals surface area contributed by atoms with Crippen molar-refractivity contribution < 1.29 is 4.74 Å². The average molecular weight is 212 g/mol. The second-order valence-electron chi connectivity index (χ2n) is 3.34. The Hall–Kier alpha value is -1.36. The second kappa shape index (κ2) is 5.50. The first-order valence-electron chi connectivity index (χ1n) is 5.08. The van der Waals surface area contributed by atoms with E-state index >= 15 is 0 Å². The fourth-order valence-corrected chi connectivity index (χ4v) is 1.19. The minimum atomic E-state index is -0.438. The molecule has 1 unspecified atom stereocenters. The van der Waals surface area contributed by atoms with Crippen LogP contribution in [-0.2, 0) is 4.74 Å². The van der Waals surface area contributed by atoms with Crippen LogP contribution in [-0.4, -0.2) is 16.2 Å². The highest BCUT2D eigenvalue weighted by molar-refractivity contribution is 4.83. The Bertz CT molecular complexity index is 408. The predicted molar refractivity (Wildman–Crippen MR) is 56.9 cm³/mol. The van der Waals surface area contributed by atoms with E-state index in [1.54, 1.807) is 6.92 Å². The Morgan fingerprint density at radius 2 is 2.27 bits per heavy atom. The summed E-state index contributed by atoms with van der Waals surface area (Å²) in [5.41, 5.74) is -0.830. The predicted octanol–water partition coefficient (Wildman–Crippen LogP) is 0.872. The molecule has 1 heterocycles. The van der Waals surface area contributed by atoms with Gasteiger partial charge in [0, 0.05) is 18.9 Å². The Morgan fingerprint density at radius 3 is 2.87 bits per heavy atom. The molecule has 0 spiro atoms. The Labute approximate surface area is 87.7 Å². The maximum Gasteiger partial charge on any atom is 0.330 e. The monoisotopic (exact) mass is 212 g/mol. The fraction of sp³-hybridized carbons (Fsp3) is 0.600. The SMILES string of the molecule is CCCCOC(C)n1ccc(=O)[nH]c1=O. The minimum Gasteiger partial charge on any atom is -0.358 e. The zero-order chi connectivity index (χ0) is 11.3. The summed E-state index contributed by atoms with van der Waals surface area (Å²) in [4.78, 5) is 24.3. The van der Waals surface area contributed by atoms with E-state index in [0.717, 1.165) is 12.8 Å². The molecule has 0 aliphatic rings. The molecule has 0 saturated heterocycles. The van der Waals surface area contributed by atoms with Crippen molar-refractivity contribution in [2.75, 3.05) is 6.61 Å². The summed E-state index contributed by atoms with van der Waals surface area (Å²) in [6.07, 6.45) is 3.11. The lowest BCUT2D eigenvalue weighted by molar-refractivity contribution is 0.0114. The van der Waals surface area contributed by atoms with Gasteiger partial charge in [0.1, 0.15) is 6.23 Å². The lowest BCUT2D eigenvalue weighted by Crippen LogP contribution is -2.31. The molecule has 15 heavy (non-hydrogen) atoms. The third kappa shape index (κ3) is 3.36. The number of rotatable bonds is 5. The van der Waals surface area contributed by atoms with Crippen LogP contribution >= 0.6 is 0 Å². The van der Waals surface area contributed by atoms with Crippen LogP contribution in [0.1, 0.15) is 32.9 Å². The quantitative estimate of drug-likeness (QED) is 0.736. The van der Waals surface area contributed by atoms with Crippen LogP contribution in [0, 0.1) is 0 Å². The third-order valence-corrected chi connectivity index (χ3v) is 2.10. The number of hydrogen-bond acceptors (Lipinski definition) is 3. The highest BCUT2D eigenvalue weighted by atomic mass is 16.5. The molecule has 5 nitrogen and oxygen atoms in total. The molecule has 0 aliphatic heterocycles. The maximum atomic E-state index is 11.3. The van der Waals surface area contributed by atoms with E-state index in [9.17, 15) is 9.59 Å². The van der Waals surface area contributed by atoms with Gasteiger partial charge in [-0.3, -0.25) is 14.3 Å². The molecule has 1 aromatic rings. The highest BCUT2D eigenvalue weighted by Crippen LogP contribution is 2.03. The topological polar surface area (TPSA) is 64.1 Å². The van der Waals surface area contributed by atoms with E-state index in [4.69, 9.17) is 4.74 Å². The summed E-state index contributed by atoms with van der Waals surface area (Å²) >= 11 is 0. The lowest BCUT2D eigenvalue weighted by atomic mass is 10.4. The molecule has 1 atom stereocenters. The molecule has 0 fully saturated rings. The molecule has 0 amide bonds. The van der Waals surface area contributed by atoms with E-state index in [2.05, 4.69) is 11.9 Å². The number of aromatic nitrogens is 2. The highest BCUT2D eigenvalue weighted by Gasteiger charge is 2.05. The number of nitrogens with zero attached hydrogens (tertiary/aromatic N) is 1. The van der Waals surface area contributed by atoms with Crippen LogP contribution in [0.2, 0.25) is 0 Å². The van der Waals surface area contributed by atoms with Crippen LogP contribution in [0.4, 0.5) is 0 Å². The summed E-state index contributed by atoms with van der Waals surface area (Å²) in [5, 5.41) is 0. The summed E-state index contributed by atoms with van der Waals surface area (Å²) in [6, 6.07) is 1.31. The summed E-state index contributed by atoms with van der Waals surface area (Å²) < 4.78 is 6.79. The average Bonchev–Trinajstić information content (AvgIpc) is 2.17. The van der Waals surface area contributed by atoms with Gasteiger partial charge in [-0.15, -0.1) is 0 Å². The number of unbranched alkanes of at least 4 members (excludes halogenated alkanes) is 1. The number of aromatic amines is 1. The van der Waals surface area contributed by atoms with Crippen LogP contribution in [0.5, 0.6) is 0 Å². The van der Waals surface area contributed by atoms with E-state index in [1.165, 1.54) is 16.8 Å². The molecule has 1 rings (SSSR count). The Kier molecular flexibility index (Phi) is 4.30. The van der Waals surface area contributed by atoms with E-state index in [1.807, 2.05) is 0 Å². The van der Waals surface area contributed by atoms with Crippen LogP contribution < -0.4 is 11.2 Å². The minimum absolute atomic E-state index is 0.346. The van der Waals surface area contributed by atoms with Crippen LogP contribution in [0.15, 0.2) is 21.9 Å². The first-order chi connectivity index (χ1) is 7.15. The number of nitrogens with one attached hydrogen (secondary N) is 1. The first kappa shape index (κ1) is 11.7.